The fraction of sp³-hybridized carbons (Fsp3) is 0.143. The highest BCUT2D eigenvalue weighted by Crippen LogP contribution is 2.57. The Hall–Kier alpha value is -7.04. The van der Waals surface area contributed by atoms with E-state index in [4.69, 9.17) is 9.47 Å². The van der Waals surface area contributed by atoms with Crippen LogP contribution in [0.4, 0.5) is 28.4 Å². The van der Waals surface area contributed by atoms with Crippen molar-refractivity contribution in [3.05, 3.63) is 223 Å². The van der Waals surface area contributed by atoms with E-state index in [0.717, 1.165) is 39.9 Å². The van der Waals surface area contributed by atoms with Gasteiger partial charge in [0.2, 0.25) is 0 Å². The molecule has 0 amide bonds. The third-order valence-electron chi connectivity index (χ3n) is 12.6. The van der Waals surface area contributed by atoms with Crippen LogP contribution in [0.25, 0.3) is 22.3 Å². The number of hydrogen-bond donors (Lipinski definition) is 0. The molecule has 1 aliphatic carbocycles. The van der Waals surface area contributed by atoms with Crippen LogP contribution in [0.1, 0.15) is 37.5 Å². The van der Waals surface area contributed by atoms with Gasteiger partial charge in [0.15, 0.2) is 0 Å². The first-order valence-corrected chi connectivity index (χ1v) is 20.7. The number of fused-ring (bicyclic) bond motifs is 1. The molecule has 0 spiro atoms. The minimum Gasteiger partial charge on any atom is -0.497 e. The van der Waals surface area contributed by atoms with Gasteiger partial charge in [-0.1, -0.05) is 135 Å². The van der Waals surface area contributed by atoms with Crippen molar-refractivity contribution in [3.8, 4) is 33.8 Å². The molecule has 0 aromatic heterocycles. The molecule has 296 valence electrons. The first-order chi connectivity index (χ1) is 29.3. The van der Waals surface area contributed by atoms with Crippen LogP contribution < -0.4 is 19.3 Å². The molecular weight excluding hydrogens is 733 g/mol. The van der Waals surface area contributed by atoms with Gasteiger partial charge in [-0.05, 0) is 131 Å². The number of ether oxygens (including phenoxy) is 2. The quantitative estimate of drug-likeness (QED) is 0.130. The lowest BCUT2D eigenvalue weighted by atomic mass is 9.69. The zero-order valence-electron chi connectivity index (χ0n) is 34.9. The van der Waals surface area contributed by atoms with Crippen molar-refractivity contribution >= 4 is 28.4 Å². The summed E-state index contributed by atoms with van der Waals surface area (Å²) in [5.41, 5.74) is 13.5. The highest BCUT2D eigenvalue weighted by molar-refractivity contribution is 5.80. The Balaban J connectivity index is 1.17. The van der Waals surface area contributed by atoms with Gasteiger partial charge in [0.25, 0.3) is 0 Å². The molecule has 0 aliphatic heterocycles. The topological polar surface area (TPSA) is 24.9 Å². The van der Waals surface area contributed by atoms with Gasteiger partial charge in [-0.15, -0.1) is 0 Å². The van der Waals surface area contributed by atoms with E-state index in [9.17, 15) is 0 Å². The van der Waals surface area contributed by atoms with E-state index >= 15 is 0 Å². The second-order valence-electron chi connectivity index (χ2n) is 16.3. The second kappa shape index (κ2) is 16.0. The Morgan fingerprint density at radius 1 is 0.367 bits per heavy atom. The summed E-state index contributed by atoms with van der Waals surface area (Å²) in [6.07, 6.45) is 0. The van der Waals surface area contributed by atoms with Crippen molar-refractivity contribution in [2.24, 2.45) is 0 Å². The number of rotatable bonds is 11. The van der Waals surface area contributed by atoms with Crippen LogP contribution in [0.3, 0.4) is 0 Å². The lowest BCUT2D eigenvalue weighted by Crippen LogP contribution is -2.52. The number of nitrogens with zero attached hydrogens (tertiary/aromatic N) is 2. The highest BCUT2D eigenvalue weighted by atomic mass is 16.5. The smallest absolute Gasteiger partial charge is 0.119 e. The van der Waals surface area contributed by atoms with Gasteiger partial charge in [-0.3, -0.25) is 0 Å². The third kappa shape index (κ3) is 6.88. The van der Waals surface area contributed by atoms with Crippen LogP contribution in [0.2, 0.25) is 0 Å². The lowest BCUT2D eigenvalue weighted by Gasteiger charge is -2.47. The molecule has 9 rings (SSSR count). The SMILES string of the molecule is COc1ccc(N(c2ccc(-c3ccccc3)cc2)c2ccc(C3(C)c4ccccc4C(C)(C)C3N(c3ccc(OC)cc3)c3ccc(-c4ccccc4)cc3)cc2)cc1. The van der Waals surface area contributed by atoms with E-state index in [1.807, 2.05) is 12.1 Å². The van der Waals surface area contributed by atoms with Crippen molar-refractivity contribution in [1.29, 1.82) is 0 Å². The molecule has 2 unspecified atom stereocenters. The maximum absolute atomic E-state index is 5.65. The Labute approximate surface area is 354 Å². The van der Waals surface area contributed by atoms with E-state index in [0.29, 0.717) is 0 Å². The van der Waals surface area contributed by atoms with Crippen molar-refractivity contribution in [2.75, 3.05) is 24.0 Å². The number of benzene rings is 8. The van der Waals surface area contributed by atoms with Crippen molar-refractivity contribution in [3.63, 3.8) is 0 Å². The molecule has 60 heavy (non-hydrogen) atoms. The molecule has 1 aliphatic rings. The largest absolute Gasteiger partial charge is 0.497 e. The van der Waals surface area contributed by atoms with E-state index in [1.54, 1.807) is 14.2 Å². The van der Waals surface area contributed by atoms with Gasteiger partial charge in [0.1, 0.15) is 11.5 Å². The third-order valence-corrected chi connectivity index (χ3v) is 12.6. The average molecular weight is 783 g/mol. The average Bonchev–Trinajstić information content (AvgIpc) is 3.49. The van der Waals surface area contributed by atoms with E-state index in [1.165, 1.54) is 38.9 Å². The van der Waals surface area contributed by atoms with Gasteiger partial charge < -0.3 is 19.3 Å². The molecule has 0 N–H and O–H groups in total. The maximum atomic E-state index is 5.65. The molecule has 4 heteroatoms. The zero-order chi connectivity index (χ0) is 41.3. The molecule has 4 nitrogen and oxygen atoms in total. The standard InChI is InChI=1S/C56H50N2O2/c1-55(2)52-18-12-13-19-53(52)56(3,54(55)58(49-34-38-51(60-5)39-35-49)48-28-22-43(23-29-48)41-16-10-7-11-17-41)44-24-30-46(31-25-44)57(47-32-36-50(59-4)37-33-47)45-26-20-42(21-27-45)40-14-8-6-9-15-40/h6-39,54H,1-5H3. The summed E-state index contributed by atoms with van der Waals surface area (Å²) in [4.78, 5) is 4.89. The number of methoxy groups -OCH3 is 2. The van der Waals surface area contributed by atoms with Crippen LogP contribution in [-0.2, 0) is 10.8 Å². The first-order valence-electron chi connectivity index (χ1n) is 20.7. The monoisotopic (exact) mass is 782 g/mol. The van der Waals surface area contributed by atoms with Crippen molar-refractivity contribution < 1.29 is 9.47 Å². The zero-order valence-corrected chi connectivity index (χ0v) is 34.9. The molecule has 8 aromatic carbocycles. The van der Waals surface area contributed by atoms with Crippen LogP contribution in [0, 0.1) is 0 Å². The Morgan fingerprint density at radius 3 is 1.17 bits per heavy atom. The summed E-state index contributed by atoms with van der Waals surface area (Å²) in [5.74, 6) is 1.66. The molecule has 0 heterocycles. The molecule has 2 atom stereocenters. The molecule has 8 aromatic rings. The summed E-state index contributed by atoms with van der Waals surface area (Å²) in [7, 11) is 3.43. The Morgan fingerprint density at radius 2 is 0.717 bits per heavy atom. The van der Waals surface area contributed by atoms with Gasteiger partial charge in [-0.2, -0.15) is 0 Å². The highest BCUT2D eigenvalue weighted by Gasteiger charge is 2.57. The van der Waals surface area contributed by atoms with Crippen LogP contribution in [-0.4, -0.2) is 20.3 Å². The summed E-state index contributed by atoms with van der Waals surface area (Å²) in [5, 5.41) is 0. The Bertz CT molecular complexity index is 2680. The van der Waals surface area contributed by atoms with Crippen LogP contribution in [0.15, 0.2) is 206 Å². The molecule has 0 bridgehead atoms. The minimum atomic E-state index is -0.418. The predicted octanol–water partition coefficient (Wildman–Crippen LogP) is 14.3. The van der Waals surface area contributed by atoms with E-state index < -0.39 is 5.41 Å². The number of anilines is 5. The molecule has 0 saturated carbocycles. The summed E-state index contributed by atoms with van der Waals surface area (Å²) in [6, 6.07) is 74.2. The van der Waals surface area contributed by atoms with Gasteiger partial charge >= 0.3 is 0 Å². The second-order valence-corrected chi connectivity index (χ2v) is 16.3. The first kappa shape index (κ1) is 38.5. The van der Waals surface area contributed by atoms with Crippen molar-refractivity contribution in [1.82, 2.24) is 0 Å². The molecule has 0 fully saturated rings. The summed E-state index contributed by atoms with van der Waals surface area (Å²) >= 11 is 0. The lowest BCUT2D eigenvalue weighted by molar-refractivity contribution is 0.345. The molecule has 0 saturated heterocycles. The van der Waals surface area contributed by atoms with Crippen LogP contribution in [0.5, 0.6) is 11.5 Å². The fourth-order valence-corrected chi connectivity index (χ4v) is 9.61. The molecular formula is C56H50N2O2. The normalized spacial score (nSPS) is 16.4. The minimum absolute atomic E-state index is 0.00700. The maximum Gasteiger partial charge on any atom is 0.119 e. The summed E-state index contributed by atoms with van der Waals surface area (Å²) < 4.78 is 11.2. The van der Waals surface area contributed by atoms with Crippen LogP contribution >= 0.6 is 0 Å². The van der Waals surface area contributed by atoms with Gasteiger partial charge in [0, 0.05) is 39.3 Å². The number of hydrogen-bond acceptors (Lipinski definition) is 4. The summed E-state index contributed by atoms with van der Waals surface area (Å²) in [6.45, 7) is 7.27. The Kier molecular flexibility index (Phi) is 10.2. The van der Waals surface area contributed by atoms with Crippen molar-refractivity contribution in [2.45, 2.75) is 37.6 Å². The molecule has 0 radical (unpaired) electrons. The van der Waals surface area contributed by atoms with E-state index in [2.05, 4.69) is 225 Å². The van der Waals surface area contributed by atoms with E-state index in [-0.39, 0.29) is 11.5 Å². The van der Waals surface area contributed by atoms with Gasteiger partial charge in [0.05, 0.1) is 20.3 Å². The fourth-order valence-electron chi connectivity index (χ4n) is 9.61. The predicted molar refractivity (Wildman–Crippen MR) is 250 cm³/mol. The van der Waals surface area contributed by atoms with Gasteiger partial charge in [-0.25, -0.2) is 0 Å².